The highest BCUT2D eigenvalue weighted by Crippen LogP contribution is 2.31. The van der Waals surface area contributed by atoms with Crippen molar-refractivity contribution in [2.24, 2.45) is 12.0 Å². The maximum atomic E-state index is 5.82. The molecule has 1 aliphatic heterocycles. The van der Waals surface area contributed by atoms with Gasteiger partial charge in [0.1, 0.15) is 17.3 Å². The van der Waals surface area contributed by atoms with Crippen LogP contribution in [0, 0.1) is 13.8 Å². The van der Waals surface area contributed by atoms with Crippen LogP contribution in [0.2, 0.25) is 0 Å². The Morgan fingerprint density at radius 1 is 1.22 bits per heavy atom. The van der Waals surface area contributed by atoms with Crippen LogP contribution in [0.4, 0.5) is 0 Å². The van der Waals surface area contributed by atoms with Crippen molar-refractivity contribution in [3.05, 3.63) is 70.8 Å². The normalized spacial score (nSPS) is 15.6. The molecule has 2 heterocycles. The summed E-state index contributed by atoms with van der Waals surface area (Å²) in [4.78, 5) is 4.87. The second-order valence-electron chi connectivity index (χ2n) is 7.97. The van der Waals surface area contributed by atoms with Crippen molar-refractivity contribution in [2.45, 2.75) is 39.4 Å². The molecular weight excluding hydrogens is 404 g/mol. The van der Waals surface area contributed by atoms with Crippen molar-refractivity contribution in [1.29, 1.82) is 0 Å². The summed E-state index contributed by atoms with van der Waals surface area (Å²) in [5, 5.41) is 15.4. The minimum Gasteiger partial charge on any atom is -0.497 e. The number of benzene rings is 2. The van der Waals surface area contributed by atoms with Crippen LogP contribution >= 0.6 is 0 Å². The number of para-hydroxylation sites is 1. The number of methoxy groups -OCH3 is 1. The lowest BCUT2D eigenvalue weighted by Gasteiger charge is -2.28. The maximum Gasteiger partial charge on any atom is 0.192 e. The van der Waals surface area contributed by atoms with Crippen LogP contribution in [0.25, 0.3) is 0 Å². The third kappa shape index (κ3) is 5.01. The van der Waals surface area contributed by atoms with Gasteiger partial charge in [-0.25, -0.2) is 4.99 Å². The van der Waals surface area contributed by atoms with E-state index in [2.05, 4.69) is 39.9 Å². The van der Waals surface area contributed by atoms with Gasteiger partial charge in [0, 0.05) is 19.0 Å². The van der Waals surface area contributed by atoms with Gasteiger partial charge in [0.25, 0.3) is 0 Å². The molecule has 168 valence electrons. The van der Waals surface area contributed by atoms with Gasteiger partial charge >= 0.3 is 0 Å². The highest BCUT2D eigenvalue weighted by Gasteiger charge is 2.22. The molecule has 1 atom stereocenters. The molecule has 2 aromatic carbocycles. The van der Waals surface area contributed by atoms with E-state index in [0.29, 0.717) is 25.7 Å². The Balaban J connectivity index is 1.56. The molecule has 32 heavy (non-hydrogen) atoms. The summed E-state index contributed by atoms with van der Waals surface area (Å²) in [6.07, 6.45) is 0.860. The molecule has 8 heteroatoms. The molecule has 8 nitrogen and oxygen atoms in total. The Kier molecular flexibility index (Phi) is 6.58. The number of rotatable bonds is 6. The molecule has 0 saturated heterocycles. The molecule has 1 unspecified atom stereocenters. The number of aryl methyl sites for hydroxylation is 2. The van der Waals surface area contributed by atoms with E-state index in [-0.39, 0.29) is 6.04 Å². The highest BCUT2D eigenvalue weighted by atomic mass is 16.5. The molecule has 0 fully saturated rings. The first-order valence-electron chi connectivity index (χ1n) is 10.8. The number of nitrogens with zero attached hydrogens (tertiary/aromatic N) is 4. The van der Waals surface area contributed by atoms with E-state index >= 15 is 0 Å². The summed E-state index contributed by atoms with van der Waals surface area (Å²) in [5.74, 6) is 4.20. The van der Waals surface area contributed by atoms with E-state index in [9.17, 15) is 0 Å². The minimum absolute atomic E-state index is 0.111. The predicted molar refractivity (Wildman–Crippen MR) is 124 cm³/mol. The van der Waals surface area contributed by atoms with Crippen LogP contribution in [0.1, 0.15) is 40.8 Å². The third-order valence-corrected chi connectivity index (χ3v) is 5.63. The van der Waals surface area contributed by atoms with Gasteiger partial charge in [-0.05, 0) is 43.2 Å². The van der Waals surface area contributed by atoms with Gasteiger partial charge in [0.05, 0.1) is 32.8 Å². The van der Waals surface area contributed by atoms with E-state index < -0.39 is 0 Å². The SMILES string of the molecule is COc1cc(C)cc(CN=C(NCc2nnc(C)n2C)NC2CCOc3ccccc32)c1. The Bertz CT molecular complexity index is 1110. The van der Waals surface area contributed by atoms with Crippen LogP contribution in [-0.2, 0) is 20.1 Å². The monoisotopic (exact) mass is 434 g/mol. The molecule has 0 spiro atoms. The zero-order chi connectivity index (χ0) is 22.5. The lowest BCUT2D eigenvalue weighted by molar-refractivity contribution is 0.261. The van der Waals surface area contributed by atoms with Crippen molar-refractivity contribution >= 4 is 5.96 Å². The molecule has 0 aliphatic carbocycles. The largest absolute Gasteiger partial charge is 0.497 e. The smallest absolute Gasteiger partial charge is 0.192 e. The van der Waals surface area contributed by atoms with E-state index in [4.69, 9.17) is 14.5 Å². The Morgan fingerprint density at radius 3 is 2.84 bits per heavy atom. The number of aromatic nitrogens is 3. The molecule has 3 aromatic rings. The maximum absolute atomic E-state index is 5.82. The van der Waals surface area contributed by atoms with Gasteiger partial charge in [0.15, 0.2) is 11.8 Å². The molecule has 1 aromatic heterocycles. The van der Waals surface area contributed by atoms with Crippen LogP contribution < -0.4 is 20.1 Å². The lowest BCUT2D eigenvalue weighted by atomic mass is 10.0. The van der Waals surface area contributed by atoms with E-state index in [0.717, 1.165) is 46.3 Å². The Hall–Kier alpha value is -3.55. The van der Waals surface area contributed by atoms with Crippen molar-refractivity contribution in [2.75, 3.05) is 13.7 Å². The minimum atomic E-state index is 0.111. The highest BCUT2D eigenvalue weighted by molar-refractivity contribution is 5.80. The molecule has 0 radical (unpaired) electrons. The number of nitrogens with one attached hydrogen (secondary N) is 2. The van der Waals surface area contributed by atoms with E-state index in [1.165, 1.54) is 0 Å². The van der Waals surface area contributed by atoms with Crippen LogP contribution in [-0.4, -0.2) is 34.4 Å². The number of ether oxygens (including phenoxy) is 2. The molecule has 0 saturated carbocycles. The first-order valence-corrected chi connectivity index (χ1v) is 10.8. The summed E-state index contributed by atoms with van der Waals surface area (Å²) in [6, 6.07) is 14.4. The van der Waals surface area contributed by atoms with Gasteiger partial charge in [0.2, 0.25) is 0 Å². The number of hydrogen-bond donors (Lipinski definition) is 2. The Labute approximate surface area is 188 Å². The number of guanidine groups is 1. The topological polar surface area (TPSA) is 85.6 Å². The fourth-order valence-electron chi connectivity index (χ4n) is 3.78. The fourth-order valence-corrected chi connectivity index (χ4v) is 3.78. The van der Waals surface area contributed by atoms with Crippen LogP contribution in [0.3, 0.4) is 0 Å². The van der Waals surface area contributed by atoms with Crippen LogP contribution in [0.15, 0.2) is 47.5 Å². The molecule has 2 N–H and O–H groups in total. The van der Waals surface area contributed by atoms with Crippen molar-refractivity contribution < 1.29 is 9.47 Å². The van der Waals surface area contributed by atoms with Gasteiger partial charge < -0.3 is 24.7 Å². The van der Waals surface area contributed by atoms with Gasteiger partial charge in [-0.15, -0.1) is 10.2 Å². The Morgan fingerprint density at radius 2 is 2.06 bits per heavy atom. The van der Waals surface area contributed by atoms with Crippen molar-refractivity contribution in [3.63, 3.8) is 0 Å². The quantitative estimate of drug-likeness (QED) is 0.458. The predicted octanol–water partition coefficient (Wildman–Crippen LogP) is 3.20. The van der Waals surface area contributed by atoms with Gasteiger partial charge in [-0.1, -0.05) is 24.3 Å². The second kappa shape index (κ2) is 9.72. The average Bonchev–Trinajstić information content (AvgIpc) is 3.12. The molecule has 1 aliphatic rings. The van der Waals surface area contributed by atoms with E-state index in [1.807, 2.05) is 48.9 Å². The number of hydrogen-bond acceptors (Lipinski definition) is 5. The first kappa shape index (κ1) is 21.7. The lowest BCUT2D eigenvalue weighted by Crippen LogP contribution is -2.41. The van der Waals surface area contributed by atoms with Crippen molar-refractivity contribution in [1.82, 2.24) is 25.4 Å². The average molecular weight is 435 g/mol. The standard InChI is InChI=1S/C24H30N6O2/c1-16-11-18(13-19(12-16)31-4)14-25-24(26-15-23-29-28-17(2)30(23)3)27-21-9-10-32-22-8-6-5-7-20(21)22/h5-8,11-13,21H,9-10,14-15H2,1-4H3,(H2,25,26,27). The molecule has 4 rings (SSSR count). The second-order valence-corrected chi connectivity index (χ2v) is 7.97. The molecule has 0 bridgehead atoms. The summed E-state index contributed by atoms with van der Waals surface area (Å²) in [6.45, 7) is 5.71. The fraction of sp³-hybridized carbons (Fsp3) is 0.375. The third-order valence-electron chi connectivity index (χ3n) is 5.63. The first-order chi connectivity index (χ1) is 15.5. The van der Waals surface area contributed by atoms with Gasteiger partial charge in [-0.3, -0.25) is 0 Å². The number of fused-ring (bicyclic) bond motifs is 1. The zero-order valence-electron chi connectivity index (χ0n) is 19.1. The summed E-state index contributed by atoms with van der Waals surface area (Å²) >= 11 is 0. The summed E-state index contributed by atoms with van der Waals surface area (Å²) in [5.41, 5.74) is 3.37. The summed E-state index contributed by atoms with van der Waals surface area (Å²) < 4.78 is 13.2. The molecular formula is C24H30N6O2. The van der Waals surface area contributed by atoms with E-state index in [1.54, 1.807) is 7.11 Å². The van der Waals surface area contributed by atoms with Gasteiger partial charge in [-0.2, -0.15) is 0 Å². The summed E-state index contributed by atoms with van der Waals surface area (Å²) in [7, 11) is 3.65. The van der Waals surface area contributed by atoms with Crippen molar-refractivity contribution in [3.8, 4) is 11.5 Å². The van der Waals surface area contributed by atoms with Crippen LogP contribution in [0.5, 0.6) is 11.5 Å². The molecule has 0 amide bonds. The number of aliphatic imine (C=N–C) groups is 1. The zero-order valence-corrected chi connectivity index (χ0v) is 19.1.